The van der Waals surface area contributed by atoms with Gasteiger partial charge in [-0.25, -0.2) is 4.39 Å². The average molecular weight is 332 g/mol. The van der Waals surface area contributed by atoms with E-state index in [0.29, 0.717) is 0 Å². The molecular formula is C9H2F10S. The third-order valence-electron chi connectivity index (χ3n) is 1.88. The Hall–Kier alpha value is -1.13. The average Bonchev–Trinajstić information content (AvgIpc) is 2.14. The molecule has 0 unspecified atom stereocenters. The molecule has 0 amide bonds. The molecule has 1 aromatic rings. The van der Waals surface area contributed by atoms with E-state index in [1.165, 1.54) is 0 Å². The molecule has 0 aliphatic rings. The van der Waals surface area contributed by atoms with Crippen LogP contribution in [0.25, 0.3) is 0 Å². The maximum atomic E-state index is 12.8. The van der Waals surface area contributed by atoms with Crippen LogP contribution in [-0.2, 0) is 12.4 Å². The molecule has 0 N–H and O–H groups in total. The summed E-state index contributed by atoms with van der Waals surface area (Å²) in [7, 11) is 0. The summed E-state index contributed by atoms with van der Waals surface area (Å²) in [4.78, 5) is -2.13. The summed E-state index contributed by atoms with van der Waals surface area (Å²) in [6.45, 7) is 0. The van der Waals surface area contributed by atoms with Crippen LogP contribution in [0.5, 0.6) is 0 Å². The van der Waals surface area contributed by atoms with E-state index < -0.39 is 63.6 Å². The van der Waals surface area contributed by atoms with Gasteiger partial charge >= 0.3 is 17.9 Å². The summed E-state index contributed by atoms with van der Waals surface area (Å²) >= 11 is -1.59. The molecular weight excluding hydrogens is 330 g/mol. The zero-order valence-corrected chi connectivity index (χ0v) is 9.66. The number of thioether (sulfide) groups is 1. The van der Waals surface area contributed by atoms with Crippen LogP contribution in [0.3, 0.4) is 0 Å². The quantitative estimate of drug-likeness (QED) is 0.485. The molecule has 114 valence electrons. The predicted molar refractivity (Wildman–Crippen MR) is 48.3 cm³/mol. The molecule has 0 aliphatic heterocycles. The van der Waals surface area contributed by atoms with Crippen molar-refractivity contribution in [3.63, 3.8) is 0 Å². The molecule has 0 atom stereocenters. The lowest BCUT2D eigenvalue weighted by Gasteiger charge is -2.19. The van der Waals surface area contributed by atoms with Gasteiger partial charge in [0.25, 0.3) is 0 Å². The van der Waals surface area contributed by atoms with Crippen molar-refractivity contribution in [1.82, 2.24) is 0 Å². The summed E-state index contributed by atoms with van der Waals surface area (Å²) in [5, 5.41) is 0. The highest BCUT2D eigenvalue weighted by Gasteiger charge is 2.45. The highest BCUT2D eigenvalue weighted by molar-refractivity contribution is 8.00. The number of hydrogen-bond acceptors (Lipinski definition) is 1. The largest absolute Gasteiger partial charge is 0.446 e. The minimum absolute atomic E-state index is 0.413. The highest BCUT2D eigenvalue weighted by Crippen LogP contribution is 2.49. The number of rotatable bonds is 1. The molecule has 0 aromatic heterocycles. The SMILES string of the molecule is Fc1cc(C(F)(F)F)c(SC(F)(F)F)c(C(F)(F)F)c1. The molecule has 0 saturated heterocycles. The standard InChI is InChI=1S/C9H2F10S/c10-3-1-4(7(11,12)13)6(20-9(17,18)19)5(2-3)8(14,15)16/h1-2H. The second kappa shape index (κ2) is 5.01. The van der Waals surface area contributed by atoms with Gasteiger partial charge in [-0.1, -0.05) is 0 Å². The zero-order chi connectivity index (χ0) is 15.9. The first-order chi connectivity index (χ1) is 8.72. The molecule has 0 heterocycles. The molecule has 1 rings (SSSR count). The van der Waals surface area contributed by atoms with Crippen LogP contribution in [0.15, 0.2) is 17.0 Å². The van der Waals surface area contributed by atoms with E-state index in [4.69, 9.17) is 0 Å². The Kier molecular flexibility index (Phi) is 4.24. The monoisotopic (exact) mass is 332 g/mol. The Morgan fingerprint density at radius 3 is 1.30 bits per heavy atom. The number of benzene rings is 1. The molecule has 0 saturated carbocycles. The van der Waals surface area contributed by atoms with Gasteiger partial charge in [-0.3, -0.25) is 0 Å². The molecule has 11 heteroatoms. The van der Waals surface area contributed by atoms with Crippen molar-refractivity contribution in [3.8, 4) is 0 Å². The molecule has 0 aliphatic carbocycles. The first-order valence-electron chi connectivity index (χ1n) is 4.45. The van der Waals surface area contributed by atoms with Crippen LogP contribution in [0.1, 0.15) is 11.1 Å². The van der Waals surface area contributed by atoms with Crippen LogP contribution in [-0.4, -0.2) is 5.51 Å². The Morgan fingerprint density at radius 2 is 1.05 bits per heavy atom. The van der Waals surface area contributed by atoms with Gasteiger partial charge in [-0.15, -0.1) is 0 Å². The Labute approximate surface area is 108 Å². The number of halogens is 10. The number of alkyl halides is 9. The fourth-order valence-corrected chi connectivity index (χ4v) is 2.04. The summed E-state index contributed by atoms with van der Waals surface area (Å²) in [6, 6.07) is -0.827. The van der Waals surface area contributed by atoms with Crippen molar-refractivity contribution in [3.05, 3.63) is 29.1 Å². The third-order valence-corrected chi connectivity index (χ3v) is 2.76. The van der Waals surface area contributed by atoms with Crippen molar-refractivity contribution in [1.29, 1.82) is 0 Å². The van der Waals surface area contributed by atoms with Crippen molar-refractivity contribution in [2.45, 2.75) is 22.8 Å². The fraction of sp³-hybridized carbons (Fsp3) is 0.333. The fourth-order valence-electron chi connectivity index (χ4n) is 1.24. The Morgan fingerprint density at radius 1 is 0.700 bits per heavy atom. The number of hydrogen-bond donors (Lipinski definition) is 0. The topological polar surface area (TPSA) is 0 Å². The molecule has 0 nitrogen and oxygen atoms in total. The van der Waals surface area contributed by atoms with Gasteiger partial charge in [0.1, 0.15) is 5.82 Å². The molecule has 0 radical (unpaired) electrons. The van der Waals surface area contributed by atoms with Crippen LogP contribution in [0.2, 0.25) is 0 Å². The van der Waals surface area contributed by atoms with Crippen LogP contribution in [0.4, 0.5) is 43.9 Å². The van der Waals surface area contributed by atoms with Crippen LogP contribution >= 0.6 is 11.8 Å². The lowest BCUT2D eigenvalue weighted by molar-refractivity contribution is -0.147. The van der Waals surface area contributed by atoms with E-state index in [1.807, 2.05) is 0 Å². The first kappa shape index (κ1) is 16.9. The van der Waals surface area contributed by atoms with E-state index >= 15 is 0 Å². The third kappa shape index (κ3) is 4.18. The van der Waals surface area contributed by atoms with Crippen molar-refractivity contribution >= 4 is 11.8 Å². The minimum atomic E-state index is -5.56. The Bertz CT molecular complexity index is 460. The van der Waals surface area contributed by atoms with Crippen LogP contribution < -0.4 is 0 Å². The Balaban J connectivity index is 3.63. The maximum absolute atomic E-state index is 12.8. The molecule has 20 heavy (non-hydrogen) atoms. The molecule has 0 bridgehead atoms. The zero-order valence-electron chi connectivity index (χ0n) is 8.84. The van der Waals surface area contributed by atoms with E-state index in [0.717, 1.165) is 0 Å². The normalized spacial score (nSPS) is 13.7. The predicted octanol–water partition coefficient (Wildman–Crippen LogP) is 5.48. The first-order valence-corrected chi connectivity index (χ1v) is 5.27. The lowest BCUT2D eigenvalue weighted by atomic mass is 10.1. The van der Waals surface area contributed by atoms with Crippen molar-refractivity contribution < 1.29 is 43.9 Å². The second-order valence-electron chi connectivity index (χ2n) is 3.37. The summed E-state index contributed by atoms with van der Waals surface area (Å²) < 4.78 is 124. The summed E-state index contributed by atoms with van der Waals surface area (Å²) in [5.41, 5.74) is -10.0. The van der Waals surface area contributed by atoms with Gasteiger partial charge in [0.05, 0.1) is 11.1 Å². The minimum Gasteiger partial charge on any atom is -0.207 e. The van der Waals surface area contributed by atoms with Gasteiger partial charge in [0, 0.05) is 4.90 Å². The molecule has 1 aromatic carbocycles. The van der Waals surface area contributed by atoms with E-state index in [9.17, 15) is 43.9 Å². The summed E-state index contributed by atoms with van der Waals surface area (Å²) in [5.74, 6) is -1.93. The highest BCUT2D eigenvalue weighted by atomic mass is 32.2. The lowest BCUT2D eigenvalue weighted by Crippen LogP contribution is -2.16. The van der Waals surface area contributed by atoms with Gasteiger partial charge < -0.3 is 0 Å². The van der Waals surface area contributed by atoms with E-state index in [2.05, 4.69) is 0 Å². The smallest absolute Gasteiger partial charge is 0.207 e. The van der Waals surface area contributed by atoms with E-state index in [-0.39, 0.29) is 0 Å². The van der Waals surface area contributed by atoms with Crippen molar-refractivity contribution in [2.75, 3.05) is 0 Å². The van der Waals surface area contributed by atoms with Crippen molar-refractivity contribution in [2.24, 2.45) is 0 Å². The maximum Gasteiger partial charge on any atom is 0.446 e. The molecule has 0 fully saturated rings. The van der Waals surface area contributed by atoms with Crippen LogP contribution in [0, 0.1) is 5.82 Å². The van der Waals surface area contributed by atoms with Gasteiger partial charge in [0.15, 0.2) is 0 Å². The van der Waals surface area contributed by atoms with Gasteiger partial charge in [0.2, 0.25) is 0 Å². The van der Waals surface area contributed by atoms with Gasteiger partial charge in [-0.05, 0) is 23.9 Å². The second-order valence-corrected chi connectivity index (χ2v) is 4.45. The molecule has 0 spiro atoms. The van der Waals surface area contributed by atoms with E-state index in [1.54, 1.807) is 0 Å². The van der Waals surface area contributed by atoms with Gasteiger partial charge in [-0.2, -0.15) is 39.5 Å². The summed E-state index contributed by atoms with van der Waals surface area (Å²) in [6.07, 6.45) is -11.1.